The molecule has 162 valence electrons. The summed E-state index contributed by atoms with van der Waals surface area (Å²) < 4.78 is 0. The zero-order valence-corrected chi connectivity index (χ0v) is 18.2. The van der Waals surface area contributed by atoms with Gasteiger partial charge in [-0.05, 0) is 43.9 Å². The van der Waals surface area contributed by atoms with Crippen molar-refractivity contribution in [3.05, 3.63) is 54.1 Å². The molecule has 1 atom stereocenters. The number of nitrogens with one attached hydrogen (secondary N) is 1. The first-order chi connectivity index (χ1) is 15.0. The van der Waals surface area contributed by atoms with Crippen LogP contribution in [-0.4, -0.2) is 46.2 Å². The first-order valence-corrected chi connectivity index (χ1v) is 11.1. The molecule has 1 saturated heterocycles. The first kappa shape index (κ1) is 21.2. The number of anilines is 1. The van der Waals surface area contributed by atoms with E-state index < -0.39 is 6.10 Å². The number of amides is 1. The van der Waals surface area contributed by atoms with Crippen molar-refractivity contribution >= 4 is 22.6 Å². The fourth-order valence-electron chi connectivity index (χ4n) is 4.12. The number of piperidine rings is 1. The number of aliphatic hydroxyl groups is 1. The Morgan fingerprint density at radius 3 is 2.61 bits per heavy atom. The number of hydrogen-bond donors (Lipinski definition) is 2. The number of aryl methyl sites for hydroxylation is 1. The molecule has 3 aromatic rings. The Hall–Kier alpha value is -2.99. The lowest BCUT2D eigenvalue weighted by atomic mass is 10.0. The third kappa shape index (κ3) is 4.85. The average molecular weight is 419 g/mol. The SMILES string of the molecule is CCCC(O)C(=O)NC1CCN(c2nc(-c3ccccc3)nc3cc(C)ccc23)CC1. The van der Waals surface area contributed by atoms with Crippen molar-refractivity contribution in [3.8, 4) is 11.4 Å². The molecule has 31 heavy (non-hydrogen) atoms. The summed E-state index contributed by atoms with van der Waals surface area (Å²) in [6, 6.07) is 16.4. The second-order valence-corrected chi connectivity index (χ2v) is 8.33. The molecule has 1 aliphatic heterocycles. The van der Waals surface area contributed by atoms with Crippen LogP contribution in [0.1, 0.15) is 38.2 Å². The summed E-state index contributed by atoms with van der Waals surface area (Å²) in [5.41, 5.74) is 3.12. The van der Waals surface area contributed by atoms with E-state index in [1.165, 1.54) is 5.56 Å². The molecule has 0 saturated carbocycles. The number of aromatic nitrogens is 2. The predicted octanol–water partition coefficient (Wildman–Crippen LogP) is 3.85. The van der Waals surface area contributed by atoms with Crippen LogP contribution in [0.2, 0.25) is 0 Å². The smallest absolute Gasteiger partial charge is 0.249 e. The predicted molar refractivity (Wildman–Crippen MR) is 124 cm³/mol. The number of aliphatic hydroxyl groups excluding tert-OH is 1. The number of hydrogen-bond acceptors (Lipinski definition) is 5. The molecule has 1 aliphatic rings. The Morgan fingerprint density at radius 1 is 1.16 bits per heavy atom. The van der Waals surface area contributed by atoms with Gasteiger partial charge in [-0.1, -0.05) is 49.7 Å². The molecule has 2 aromatic carbocycles. The number of rotatable bonds is 6. The molecule has 0 aliphatic carbocycles. The molecule has 0 spiro atoms. The summed E-state index contributed by atoms with van der Waals surface area (Å²) >= 11 is 0. The van der Waals surface area contributed by atoms with Gasteiger partial charge in [0.05, 0.1) is 5.52 Å². The number of nitrogens with zero attached hydrogens (tertiary/aromatic N) is 3. The molecular formula is C25H30N4O2. The fourth-order valence-corrected chi connectivity index (χ4v) is 4.12. The molecule has 2 N–H and O–H groups in total. The van der Waals surface area contributed by atoms with E-state index in [4.69, 9.17) is 9.97 Å². The van der Waals surface area contributed by atoms with E-state index in [0.717, 1.165) is 60.5 Å². The van der Waals surface area contributed by atoms with Gasteiger partial charge in [0.15, 0.2) is 5.82 Å². The second-order valence-electron chi connectivity index (χ2n) is 8.33. The van der Waals surface area contributed by atoms with Gasteiger partial charge in [0.1, 0.15) is 11.9 Å². The zero-order valence-electron chi connectivity index (χ0n) is 18.2. The Labute approximate surface area is 183 Å². The number of carbonyl (C=O) groups excluding carboxylic acids is 1. The van der Waals surface area contributed by atoms with Crippen molar-refractivity contribution in [2.75, 3.05) is 18.0 Å². The van der Waals surface area contributed by atoms with Gasteiger partial charge < -0.3 is 15.3 Å². The van der Waals surface area contributed by atoms with Gasteiger partial charge in [-0.25, -0.2) is 9.97 Å². The Balaban J connectivity index is 1.56. The van der Waals surface area contributed by atoms with Crippen molar-refractivity contribution in [1.82, 2.24) is 15.3 Å². The third-order valence-corrected chi connectivity index (χ3v) is 5.87. The van der Waals surface area contributed by atoms with Crippen LogP contribution in [0.3, 0.4) is 0 Å². The highest BCUT2D eigenvalue weighted by Gasteiger charge is 2.25. The largest absolute Gasteiger partial charge is 0.383 e. The third-order valence-electron chi connectivity index (χ3n) is 5.87. The Bertz CT molecular complexity index is 1050. The highest BCUT2D eigenvalue weighted by atomic mass is 16.3. The van der Waals surface area contributed by atoms with Gasteiger partial charge in [-0.2, -0.15) is 0 Å². The van der Waals surface area contributed by atoms with E-state index in [0.29, 0.717) is 6.42 Å². The molecule has 0 bridgehead atoms. The molecule has 1 amide bonds. The lowest BCUT2D eigenvalue weighted by Crippen LogP contribution is -2.47. The maximum Gasteiger partial charge on any atom is 0.249 e. The molecule has 1 fully saturated rings. The quantitative estimate of drug-likeness (QED) is 0.636. The van der Waals surface area contributed by atoms with Gasteiger partial charge >= 0.3 is 0 Å². The number of fused-ring (bicyclic) bond motifs is 1. The normalized spacial score (nSPS) is 15.8. The molecular weight excluding hydrogens is 388 g/mol. The lowest BCUT2D eigenvalue weighted by molar-refractivity contribution is -0.130. The van der Waals surface area contributed by atoms with Gasteiger partial charge in [0.25, 0.3) is 0 Å². The maximum absolute atomic E-state index is 12.2. The van der Waals surface area contributed by atoms with Crippen molar-refractivity contribution in [1.29, 1.82) is 0 Å². The fraction of sp³-hybridized carbons (Fsp3) is 0.400. The van der Waals surface area contributed by atoms with Crippen LogP contribution in [0.15, 0.2) is 48.5 Å². The van der Waals surface area contributed by atoms with Crippen molar-refractivity contribution in [2.24, 2.45) is 0 Å². The van der Waals surface area contributed by atoms with Crippen LogP contribution < -0.4 is 10.2 Å². The molecule has 6 nitrogen and oxygen atoms in total. The molecule has 1 aromatic heterocycles. The standard InChI is InChI=1S/C25H30N4O2/c1-3-7-22(30)25(31)26-19-12-14-29(15-13-19)24-20-11-10-17(2)16-21(20)27-23(28-24)18-8-5-4-6-9-18/h4-6,8-11,16,19,22,30H,3,7,12-15H2,1-2H3,(H,26,31). The Morgan fingerprint density at radius 2 is 1.90 bits per heavy atom. The highest BCUT2D eigenvalue weighted by Crippen LogP contribution is 2.30. The van der Waals surface area contributed by atoms with Crippen molar-refractivity contribution in [2.45, 2.75) is 51.7 Å². The summed E-state index contributed by atoms with van der Waals surface area (Å²) in [6.07, 6.45) is 2.02. The lowest BCUT2D eigenvalue weighted by Gasteiger charge is -2.34. The summed E-state index contributed by atoms with van der Waals surface area (Å²) in [7, 11) is 0. The minimum Gasteiger partial charge on any atom is -0.383 e. The van der Waals surface area contributed by atoms with E-state index >= 15 is 0 Å². The molecule has 4 rings (SSSR count). The average Bonchev–Trinajstić information content (AvgIpc) is 2.79. The summed E-state index contributed by atoms with van der Waals surface area (Å²) in [4.78, 5) is 24.2. The van der Waals surface area contributed by atoms with Gasteiger partial charge in [0.2, 0.25) is 5.91 Å². The van der Waals surface area contributed by atoms with Crippen LogP contribution in [0.4, 0.5) is 5.82 Å². The van der Waals surface area contributed by atoms with Crippen molar-refractivity contribution < 1.29 is 9.90 Å². The highest BCUT2D eigenvalue weighted by molar-refractivity contribution is 5.91. The molecule has 1 unspecified atom stereocenters. The van der Waals surface area contributed by atoms with Gasteiger partial charge in [-0.15, -0.1) is 0 Å². The first-order valence-electron chi connectivity index (χ1n) is 11.1. The summed E-state index contributed by atoms with van der Waals surface area (Å²) in [5.74, 6) is 1.42. The van der Waals surface area contributed by atoms with E-state index in [1.54, 1.807) is 0 Å². The van der Waals surface area contributed by atoms with E-state index in [2.05, 4.69) is 35.3 Å². The van der Waals surface area contributed by atoms with Crippen molar-refractivity contribution in [3.63, 3.8) is 0 Å². The number of carbonyl (C=O) groups is 1. The monoisotopic (exact) mass is 418 g/mol. The molecule has 2 heterocycles. The molecule has 6 heteroatoms. The van der Waals surface area contributed by atoms with Crippen LogP contribution in [0.25, 0.3) is 22.3 Å². The van der Waals surface area contributed by atoms with E-state index in [9.17, 15) is 9.90 Å². The number of benzene rings is 2. The van der Waals surface area contributed by atoms with Crippen LogP contribution >= 0.6 is 0 Å². The van der Waals surface area contributed by atoms with Gasteiger partial charge in [-0.3, -0.25) is 4.79 Å². The van der Waals surface area contributed by atoms with E-state index in [1.807, 2.05) is 37.3 Å². The van der Waals surface area contributed by atoms with Crippen LogP contribution in [-0.2, 0) is 4.79 Å². The zero-order chi connectivity index (χ0) is 21.8. The summed E-state index contributed by atoms with van der Waals surface area (Å²) in [5, 5.41) is 14.0. The van der Waals surface area contributed by atoms with Crippen LogP contribution in [0, 0.1) is 6.92 Å². The van der Waals surface area contributed by atoms with Gasteiger partial charge in [0, 0.05) is 30.1 Å². The minimum atomic E-state index is -0.912. The topological polar surface area (TPSA) is 78.4 Å². The Kier molecular flexibility index (Phi) is 6.47. The van der Waals surface area contributed by atoms with E-state index in [-0.39, 0.29) is 11.9 Å². The minimum absolute atomic E-state index is 0.0826. The summed E-state index contributed by atoms with van der Waals surface area (Å²) in [6.45, 7) is 5.63. The molecule has 0 radical (unpaired) electrons. The second kappa shape index (κ2) is 9.43. The van der Waals surface area contributed by atoms with Crippen LogP contribution in [0.5, 0.6) is 0 Å². The maximum atomic E-state index is 12.2.